The molecule has 0 saturated carbocycles. The number of ether oxygens (including phenoxy) is 1. The number of nitro groups is 1. The minimum Gasteiger partial charge on any atom is -0.465 e. The number of non-ortho nitro benzene ring substituents is 1. The first-order valence-electron chi connectivity index (χ1n) is 6.46. The molecule has 2 aromatic rings. The van der Waals surface area contributed by atoms with Crippen LogP contribution in [0.25, 0.3) is 0 Å². The maximum absolute atomic E-state index is 12.3. The van der Waals surface area contributed by atoms with Crippen molar-refractivity contribution in [1.29, 1.82) is 0 Å². The molecule has 0 aliphatic heterocycles. The van der Waals surface area contributed by atoms with Crippen LogP contribution in [0, 0.1) is 10.1 Å². The first kappa shape index (κ1) is 17.9. The molecule has 0 fully saturated rings. The highest BCUT2D eigenvalue weighted by Crippen LogP contribution is 2.26. The van der Waals surface area contributed by atoms with Gasteiger partial charge in [0.25, 0.3) is 11.6 Å². The fraction of sp³-hybridized carbons (Fsp3) is 0.0667. The molecule has 0 atom stereocenters. The lowest BCUT2D eigenvalue weighted by Gasteiger charge is -2.11. The zero-order valence-corrected chi connectivity index (χ0v) is 14.6. The number of carbonyl (C=O) groups excluding carboxylic acids is 2. The monoisotopic (exact) mass is 412 g/mol. The third-order valence-corrected chi connectivity index (χ3v) is 3.85. The number of hydrogen-bond acceptors (Lipinski definition) is 5. The van der Waals surface area contributed by atoms with E-state index in [1.165, 1.54) is 31.4 Å². The summed E-state index contributed by atoms with van der Waals surface area (Å²) >= 11 is 9.16. The number of amides is 1. The topological polar surface area (TPSA) is 98.5 Å². The summed E-state index contributed by atoms with van der Waals surface area (Å²) in [5, 5.41) is 13.2. The first-order chi connectivity index (χ1) is 11.3. The molecule has 0 bridgehead atoms. The van der Waals surface area contributed by atoms with E-state index in [1.807, 2.05) is 0 Å². The number of anilines is 1. The highest BCUT2D eigenvalue weighted by molar-refractivity contribution is 9.10. The number of esters is 1. The summed E-state index contributed by atoms with van der Waals surface area (Å²) in [6.07, 6.45) is 0. The third kappa shape index (κ3) is 3.90. The van der Waals surface area contributed by atoms with Crippen molar-refractivity contribution in [2.24, 2.45) is 0 Å². The van der Waals surface area contributed by atoms with E-state index in [2.05, 4.69) is 26.0 Å². The Morgan fingerprint density at radius 3 is 2.50 bits per heavy atom. The number of carbonyl (C=O) groups is 2. The van der Waals surface area contributed by atoms with E-state index in [-0.39, 0.29) is 27.5 Å². The van der Waals surface area contributed by atoms with Crippen LogP contribution in [0.15, 0.2) is 40.9 Å². The number of nitrogens with one attached hydrogen (secondary N) is 1. The van der Waals surface area contributed by atoms with Gasteiger partial charge in [0.1, 0.15) is 0 Å². The van der Waals surface area contributed by atoms with E-state index in [0.717, 1.165) is 6.07 Å². The van der Waals surface area contributed by atoms with Crippen molar-refractivity contribution in [3.8, 4) is 0 Å². The summed E-state index contributed by atoms with van der Waals surface area (Å²) in [4.78, 5) is 34.2. The number of nitro benzene ring substituents is 1. The molecule has 0 saturated heterocycles. The normalized spacial score (nSPS) is 10.1. The number of rotatable bonds is 4. The maximum Gasteiger partial charge on any atom is 0.340 e. The molecule has 0 aromatic heterocycles. The average molecular weight is 414 g/mol. The summed E-state index contributed by atoms with van der Waals surface area (Å²) in [5.41, 5.74) is 0.194. The van der Waals surface area contributed by atoms with Crippen LogP contribution in [0.3, 0.4) is 0 Å². The van der Waals surface area contributed by atoms with E-state index in [1.54, 1.807) is 6.07 Å². The second kappa shape index (κ2) is 7.41. The Morgan fingerprint density at radius 2 is 1.92 bits per heavy atom. The molecule has 0 aliphatic rings. The Balaban J connectivity index is 2.34. The SMILES string of the molecule is COC(=O)c1cc(Br)ccc1NC(=O)c1ccc([N+](=O)[O-])cc1Cl. The third-order valence-electron chi connectivity index (χ3n) is 3.04. The van der Waals surface area contributed by atoms with Crippen LogP contribution in [0.4, 0.5) is 11.4 Å². The summed E-state index contributed by atoms with van der Waals surface area (Å²) in [7, 11) is 1.22. The van der Waals surface area contributed by atoms with Gasteiger partial charge in [-0.05, 0) is 24.3 Å². The molecule has 1 N–H and O–H groups in total. The van der Waals surface area contributed by atoms with Crippen molar-refractivity contribution >= 4 is 50.8 Å². The Labute approximate surface area is 149 Å². The lowest BCUT2D eigenvalue weighted by molar-refractivity contribution is -0.384. The summed E-state index contributed by atoms with van der Waals surface area (Å²) in [6.45, 7) is 0. The molecule has 0 heterocycles. The van der Waals surface area contributed by atoms with Gasteiger partial charge in [-0.2, -0.15) is 0 Å². The van der Waals surface area contributed by atoms with E-state index in [4.69, 9.17) is 11.6 Å². The van der Waals surface area contributed by atoms with Gasteiger partial charge in [-0.25, -0.2) is 4.79 Å². The van der Waals surface area contributed by atoms with Crippen LogP contribution >= 0.6 is 27.5 Å². The number of methoxy groups -OCH3 is 1. The van der Waals surface area contributed by atoms with Crippen LogP contribution in [-0.2, 0) is 4.74 Å². The number of halogens is 2. The predicted molar refractivity (Wildman–Crippen MR) is 91.5 cm³/mol. The molecule has 2 aromatic carbocycles. The van der Waals surface area contributed by atoms with Crippen molar-refractivity contribution < 1.29 is 19.2 Å². The smallest absolute Gasteiger partial charge is 0.340 e. The lowest BCUT2D eigenvalue weighted by atomic mass is 10.1. The van der Waals surface area contributed by atoms with Crippen molar-refractivity contribution in [2.45, 2.75) is 0 Å². The standard InChI is InChI=1S/C15H10BrClN2O5/c1-24-15(21)11-6-8(16)2-5-13(11)18-14(20)10-4-3-9(19(22)23)7-12(10)17/h2-7H,1H3,(H,18,20). The highest BCUT2D eigenvalue weighted by atomic mass is 79.9. The Bertz CT molecular complexity index is 841. The molecule has 0 radical (unpaired) electrons. The van der Waals surface area contributed by atoms with Crippen LogP contribution < -0.4 is 5.32 Å². The minimum atomic E-state index is -0.624. The Morgan fingerprint density at radius 1 is 1.21 bits per heavy atom. The molecule has 9 heteroatoms. The second-order valence-electron chi connectivity index (χ2n) is 4.56. The molecule has 0 aliphatic carbocycles. The van der Waals surface area contributed by atoms with Crippen LogP contribution in [-0.4, -0.2) is 23.9 Å². The Kier molecular flexibility index (Phi) is 5.53. The van der Waals surface area contributed by atoms with Crippen molar-refractivity contribution in [3.63, 3.8) is 0 Å². The van der Waals surface area contributed by atoms with E-state index in [9.17, 15) is 19.7 Å². The van der Waals surface area contributed by atoms with E-state index < -0.39 is 16.8 Å². The van der Waals surface area contributed by atoms with Gasteiger partial charge in [-0.1, -0.05) is 27.5 Å². The van der Waals surface area contributed by atoms with Crippen LogP contribution in [0.5, 0.6) is 0 Å². The second-order valence-corrected chi connectivity index (χ2v) is 5.88. The van der Waals surface area contributed by atoms with Gasteiger partial charge in [0.2, 0.25) is 0 Å². The fourth-order valence-corrected chi connectivity index (χ4v) is 2.52. The maximum atomic E-state index is 12.3. The van der Waals surface area contributed by atoms with E-state index >= 15 is 0 Å². The largest absolute Gasteiger partial charge is 0.465 e. The molecule has 24 heavy (non-hydrogen) atoms. The summed E-state index contributed by atoms with van der Waals surface area (Å²) in [6, 6.07) is 8.15. The fourth-order valence-electron chi connectivity index (χ4n) is 1.90. The number of nitrogens with zero attached hydrogens (tertiary/aromatic N) is 1. The van der Waals surface area contributed by atoms with E-state index in [0.29, 0.717) is 4.47 Å². The van der Waals surface area contributed by atoms with Gasteiger partial charge >= 0.3 is 5.97 Å². The average Bonchev–Trinajstić information content (AvgIpc) is 2.55. The molecular formula is C15H10BrClN2O5. The quantitative estimate of drug-likeness (QED) is 0.463. The van der Waals surface area contributed by atoms with Gasteiger partial charge in [0.15, 0.2) is 0 Å². The number of hydrogen-bond donors (Lipinski definition) is 1. The van der Waals surface area contributed by atoms with Gasteiger partial charge in [0, 0.05) is 16.6 Å². The molecule has 2 rings (SSSR count). The highest BCUT2D eigenvalue weighted by Gasteiger charge is 2.18. The number of benzene rings is 2. The van der Waals surface area contributed by atoms with Crippen LogP contribution in [0.1, 0.15) is 20.7 Å². The van der Waals surface area contributed by atoms with Gasteiger partial charge in [-0.3, -0.25) is 14.9 Å². The van der Waals surface area contributed by atoms with Gasteiger partial charge in [0.05, 0.1) is 33.9 Å². The Hall–Kier alpha value is -2.45. The molecule has 124 valence electrons. The summed E-state index contributed by atoms with van der Waals surface area (Å²) < 4.78 is 5.31. The van der Waals surface area contributed by atoms with Crippen molar-refractivity contribution in [2.75, 3.05) is 12.4 Å². The molecule has 0 unspecified atom stereocenters. The molecular weight excluding hydrogens is 404 g/mol. The van der Waals surface area contributed by atoms with Crippen molar-refractivity contribution in [3.05, 3.63) is 67.1 Å². The molecule has 0 spiro atoms. The predicted octanol–water partition coefficient (Wildman–Crippen LogP) is 4.05. The van der Waals surface area contributed by atoms with Gasteiger partial charge in [-0.15, -0.1) is 0 Å². The van der Waals surface area contributed by atoms with Crippen LogP contribution in [0.2, 0.25) is 5.02 Å². The first-order valence-corrected chi connectivity index (χ1v) is 7.63. The van der Waals surface area contributed by atoms with Crippen molar-refractivity contribution in [1.82, 2.24) is 0 Å². The van der Waals surface area contributed by atoms with Gasteiger partial charge < -0.3 is 10.1 Å². The zero-order chi connectivity index (χ0) is 17.9. The lowest BCUT2D eigenvalue weighted by Crippen LogP contribution is -2.16. The summed E-state index contributed by atoms with van der Waals surface area (Å²) in [5.74, 6) is -1.23. The molecule has 7 nitrogen and oxygen atoms in total. The molecule has 1 amide bonds. The zero-order valence-electron chi connectivity index (χ0n) is 12.2. The minimum absolute atomic E-state index is 0.0426.